The molecular weight excluding hydrogens is 448 g/mol. The minimum Gasteiger partial charge on any atom is -0.495 e. The van der Waals surface area contributed by atoms with Gasteiger partial charge in [0.25, 0.3) is 5.91 Å². The van der Waals surface area contributed by atoms with Crippen molar-refractivity contribution in [2.24, 2.45) is 5.92 Å². The van der Waals surface area contributed by atoms with Gasteiger partial charge in [0.1, 0.15) is 5.75 Å². The Morgan fingerprint density at radius 2 is 1.69 bits per heavy atom. The number of hydrogen-bond acceptors (Lipinski definition) is 4. The van der Waals surface area contributed by atoms with Gasteiger partial charge in [-0.3, -0.25) is 4.79 Å². The number of amides is 1. The third-order valence-electron chi connectivity index (χ3n) is 7.11. The lowest BCUT2D eigenvalue weighted by atomic mass is 10.1. The number of rotatable bonds is 11. The smallest absolute Gasteiger partial charge is 0.253 e. The number of carbonyl (C=O) groups excluding carboxylic acids is 1. The standard InChI is InChI=1S/C30H42N4O2/c1-24(2)22-31-30(35)27-23-34(29-26(27)12-7-13-28(29)36-3)18-9-17-32-15-8-16-33(21-20-32)19-14-25-10-5-4-6-11-25/h4-7,10-13,23-24H,8-9,14-22H2,1-3H3,(H,31,35). The summed E-state index contributed by atoms with van der Waals surface area (Å²) in [5, 5.41) is 4.03. The molecule has 3 aromatic rings. The third kappa shape index (κ3) is 6.89. The van der Waals surface area contributed by atoms with Crippen LogP contribution in [0.5, 0.6) is 5.75 Å². The predicted molar refractivity (Wildman–Crippen MR) is 148 cm³/mol. The molecule has 0 atom stereocenters. The fourth-order valence-corrected chi connectivity index (χ4v) is 5.11. The van der Waals surface area contributed by atoms with Crippen LogP contribution >= 0.6 is 0 Å². The number of hydrogen-bond donors (Lipinski definition) is 1. The van der Waals surface area contributed by atoms with E-state index in [0.717, 1.165) is 74.3 Å². The van der Waals surface area contributed by atoms with Gasteiger partial charge in [0.05, 0.1) is 18.2 Å². The summed E-state index contributed by atoms with van der Waals surface area (Å²) in [7, 11) is 1.70. The maximum Gasteiger partial charge on any atom is 0.253 e. The monoisotopic (exact) mass is 490 g/mol. The van der Waals surface area contributed by atoms with Crippen LogP contribution in [-0.2, 0) is 13.0 Å². The van der Waals surface area contributed by atoms with Gasteiger partial charge in [-0.25, -0.2) is 0 Å². The number of aromatic nitrogens is 1. The second-order valence-corrected chi connectivity index (χ2v) is 10.3. The van der Waals surface area contributed by atoms with E-state index in [2.05, 4.69) is 63.9 Å². The number of ether oxygens (including phenoxy) is 1. The van der Waals surface area contributed by atoms with Gasteiger partial charge in [0, 0.05) is 44.3 Å². The number of para-hydroxylation sites is 1. The highest BCUT2D eigenvalue weighted by Crippen LogP contribution is 2.30. The molecule has 0 saturated carbocycles. The van der Waals surface area contributed by atoms with Crippen LogP contribution in [0.4, 0.5) is 0 Å². The predicted octanol–water partition coefficient (Wildman–Crippen LogP) is 4.68. The summed E-state index contributed by atoms with van der Waals surface area (Å²) >= 11 is 0. The van der Waals surface area contributed by atoms with Crippen LogP contribution in [0, 0.1) is 5.92 Å². The van der Waals surface area contributed by atoms with E-state index in [9.17, 15) is 4.79 Å². The molecule has 1 aliphatic heterocycles. The van der Waals surface area contributed by atoms with E-state index in [-0.39, 0.29) is 5.91 Å². The zero-order valence-corrected chi connectivity index (χ0v) is 22.2. The molecule has 1 aromatic heterocycles. The van der Waals surface area contributed by atoms with E-state index in [1.54, 1.807) is 7.11 Å². The number of nitrogens with zero attached hydrogens (tertiary/aromatic N) is 3. The van der Waals surface area contributed by atoms with Crippen LogP contribution in [0.15, 0.2) is 54.7 Å². The minimum atomic E-state index is -0.0104. The summed E-state index contributed by atoms with van der Waals surface area (Å²) in [5.41, 5.74) is 3.16. The van der Waals surface area contributed by atoms with Crippen molar-refractivity contribution in [3.05, 3.63) is 65.9 Å². The van der Waals surface area contributed by atoms with Crippen molar-refractivity contribution in [1.82, 2.24) is 19.7 Å². The lowest BCUT2D eigenvalue weighted by molar-refractivity contribution is 0.0950. The molecule has 2 aromatic carbocycles. The summed E-state index contributed by atoms with van der Waals surface area (Å²) in [4.78, 5) is 18.1. The van der Waals surface area contributed by atoms with Crippen molar-refractivity contribution in [2.45, 2.75) is 39.7 Å². The van der Waals surface area contributed by atoms with Gasteiger partial charge in [0.15, 0.2) is 0 Å². The van der Waals surface area contributed by atoms with Gasteiger partial charge in [-0.05, 0) is 56.4 Å². The molecule has 0 unspecified atom stereocenters. The van der Waals surface area contributed by atoms with Gasteiger partial charge >= 0.3 is 0 Å². The molecule has 1 saturated heterocycles. The molecule has 1 N–H and O–H groups in total. The van der Waals surface area contributed by atoms with Crippen molar-refractivity contribution < 1.29 is 9.53 Å². The molecule has 4 rings (SSSR count). The molecule has 194 valence electrons. The van der Waals surface area contributed by atoms with E-state index in [1.165, 1.54) is 18.5 Å². The van der Waals surface area contributed by atoms with Gasteiger partial charge < -0.3 is 24.4 Å². The topological polar surface area (TPSA) is 49.7 Å². The maximum atomic E-state index is 12.9. The highest BCUT2D eigenvalue weighted by Gasteiger charge is 2.19. The van der Waals surface area contributed by atoms with Crippen molar-refractivity contribution >= 4 is 16.8 Å². The van der Waals surface area contributed by atoms with Crippen LogP contribution in [-0.4, -0.2) is 73.2 Å². The van der Waals surface area contributed by atoms with Crippen LogP contribution in [0.1, 0.15) is 42.6 Å². The molecule has 0 radical (unpaired) electrons. The molecule has 0 aliphatic carbocycles. The molecule has 1 aliphatic rings. The number of fused-ring (bicyclic) bond motifs is 1. The van der Waals surface area contributed by atoms with E-state index in [4.69, 9.17) is 4.74 Å². The first kappa shape index (κ1) is 26.2. The van der Waals surface area contributed by atoms with Gasteiger partial charge in [0.2, 0.25) is 0 Å². The largest absolute Gasteiger partial charge is 0.495 e. The van der Waals surface area contributed by atoms with E-state index >= 15 is 0 Å². The summed E-state index contributed by atoms with van der Waals surface area (Å²) in [6, 6.07) is 16.8. The van der Waals surface area contributed by atoms with Crippen LogP contribution in [0.25, 0.3) is 10.9 Å². The Balaban J connectivity index is 1.34. The molecule has 6 nitrogen and oxygen atoms in total. The summed E-state index contributed by atoms with van der Waals surface area (Å²) in [6.07, 6.45) is 5.39. The van der Waals surface area contributed by atoms with Crippen LogP contribution < -0.4 is 10.1 Å². The van der Waals surface area contributed by atoms with Gasteiger partial charge in [-0.15, -0.1) is 0 Å². The Hall–Kier alpha value is -2.83. The zero-order valence-electron chi connectivity index (χ0n) is 22.2. The number of methoxy groups -OCH3 is 1. The summed E-state index contributed by atoms with van der Waals surface area (Å²) < 4.78 is 7.88. The lowest BCUT2D eigenvalue weighted by Gasteiger charge is -2.22. The first-order chi connectivity index (χ1) is 17.5. The lowest BCUT2D eigenvalue weighted by Crippen LogP contribution is -2.32. The summed E-state index contributed by atoms with van der Waals surface area (Å²) in [5.74, 6) is 1.22. The first-order valence-corrected chi connectivity index (χ1v) is 13.5. The average Bonchev–Trinajstić information content (AvgIpc) is 3.11. The number of nitrogens with one attached hydrogen (secondary N) is 1. The molecule has 1 amide bonds. The minimum absolute atomic E-state index is 0.0104. The second kappa shape index (κ2) is 12.9. The van der Waals surface area contributed by atoms with Crippen molar-refractivity contribution in [2.75, 3.05) is 52.9 Å². The average molecular weight is 491 g/mol. The van der Waals surface area contributed by atoms with E-state index in [1.807, 2.05) is 24.4 Å². The number of aryl methyl sites for hydroxylation is 1. The number of carbonyl (C=O) groups is 1. The Kier molecular flexibility index (Phi) is 9.42. The normalized spacial score (nSPS) is 15.3. The van der Waals surface area contributed by atoms with Crippen molar-refractivity contribution in [1.29, 1.82) is 0 Å². The van der Waals surface area contributed by atoms with Gasteiger partial charge in [-0.2, -0.15) is 0 Å². The highest BCUT2D eigenvalue weighted by atomic mass is 16.5. The molecular formula is C30H42N4O2. The van der Waals surface area contributed by atoms with E-state index < -0.39 is 0 Å². The quantitative estimate of drug-likeness (QED) is 0.424. The first-order valence-electron chi connectivity index (χ1n) is 13.5. The molecule has 1 fully saturated rings. The van der Waals surface area contributed by atoms with Crippen molar-refractivity contribution in [3.8, 4) is 5.75 Å². The second-order valence-electron chi connectivity index (χ2n) is 10.3. The van der Waals surface area contributed by atoms with Gasteiger partial charge in [-0.1, -0.05) is 56.3 Å². The fourth-order valence-electron chi connectivity index (χ4n) is 5.11. The third-order valence-corrected chi connectivity index (χ3v) is 7.11. The molecule has 6 heteroatoms. The number of benzene rings is 2. The Morgan fingerprint density at radius 1 is 0.944 bits per heavy atom. The zero-order chi connectivity index (χ0) is 25.3. The van der Waals surface area contributed by atoms with Crippen LogP contribution in [0.2, 0.25) is 0 Å². The summed E-state index contributed by atoms with van der Waals surface area (Å²) in [6.45, 7) is 12.5. The molecule has 0 spiro atoms. The Morgan fingerprint density at radius 3 is 2.42 bits per heavy atom. The maximum absolute atomic E-state index is 12.9. The molecule has 2 heterocycles. The van der Waals surface area contributed by atoms with Crippen molar-refractivity contribution in [3.63, 3.8) is 0 Å². The molecule has 36 heavy (non-hydrogen) atoms. The van der Waals surface area contributed by atoms with Crippen LogP contribution in [0.3, 0.4) is 0 Å². The fraction of sp³-hybridized carbons (Fsp3) is 0.500. The Labute approximate surface area is 216 Å². The van der Waals surface area contributed by atoms with E-state index in [0.29, 0.717) is 12.5 Å². The highest BCUT2D eigenvalue weighted by molar-refractivity contribution is 6.08. The SMILES string of the molecule is COc1cccc2c(C(=O)NCC(C)C)cn(CCCN3CCCN(CCc4ccccc4)CC3)c12. The molecule has 0 bridgehead atoms. The Bertz CT molecular complexity index is 1110.